The smallest absolute Gasteiger partial charge is 0.160 e. The molecule has 0 saturated heterocycles. The SMILES string of the molecule is c1ccc(-c2nc(-c3ccc(-c4cccc5c4oc4c5ccc5c(-c6ccccc6)nc6ccccc6c54)cc3)cc(-c3ccc4c(c3)sc3ccccc34)n2)cc1. The van der Waals surface area contributed by atoms with Gasteiger partial charge >= 0.3 is 0 Å². The molecule has 0 unspecified atom stereocenters. The monoisotopic (exact) mass is 757 g/mol. The van der Waals surface area contributed by atoms with Gasteiger partial charge in [-0.25, -0.2) is 15.0 Å². The van der Waals surface area contributed by atoms with Gasteiger partial charge in [0.25, 0.3) is 0 Å². The highest BCUT2D eigenvalue weighted by Gasteiger charge is 2.19. The Morgan fingerprint density at radius 3 is 1.79 bits per heavy atom. The predicted octanol–water partition coefficient (Wildman–Crippen LogP) is 14.8. The van der Waals surface area contributed by atoms with E-state index in [1.54, 1.807) is 0 Å². The highest BCUT2D eigenvalue weighted by atomic mass is 32.1. The van der Waals surface area contributed by atoms with Crippen LogP contribution in [0.3, 0.4) is 0 Å². The molecule has 12 aromatic rings. The van der Waals surface area contributed by atoms with Gasteiger partial charge in [0.2, 0.25) is 0 Å². The van der Waals surface area contributed by atoms with Crippen molar-refractivity contribution in [3.8, 4) is 56.3 Å². The van der Waals surface area contributed by atoms with Gasteiger partial charge in [-0.15, -0.1) is 11.3 Å². The Morgan fingerprint density at radius 2 is 0.966 bits per heavy atom. The zero-order valence-electron chi connectivity index (χ0n) is 31.1. The van der Waals surface area contributed by atoms with Crippen LogP contribution in [-0.2, 0) is 0 Å². The third kappa shape index (κ3) is 5.25. The number of rotatable bonds is 5. The molecule has 270 valence electrons. The van der Waals surface area contributed by atoms with Crippen molar-refractivity contribution in [3.63, 3.8) is 0 Å². The minimum Gasteiger partial charge on any atom is -0.455 e. The molecule has 0 aliphatic heterocycles. The molecule has 12 rings (SSSR count). The van der Waals surface area contributed by atoms with Gasteiger partial charge < -0.3 is 4.42 Å². The van der Waals surface area contributed by atoms with Crippen LogP contribution in [0.25, 0.3) is 120 Å². The first kappa shape index (κ1) is 32.7. The Morgan fingerprint density at radius 1 is 0.362 bits per heavy atom. The molecule has 0 bridgehead atoms. The number of furan rings is 1. The third-order valence-corrected chi connectivity index (χ3v) is 12.4. The van der Waals surface area contributed by atoms with E-state index in [1.165, 1.54) is 20.2 Å². The van der Waals surface area contributed by atoms with Crippen molar-refractivity contribution in [2.45, 2.75) is 0 Å². The molecule has 0 N–H and O–H groups in total. The Kier molecular flexibility index (Phi) is 7.37. The number of hydrogen-bond donors (Lipinski definition) is 0. The first-order chi connectivity index (χ1) is 28.7. The summed E-state index contributed by atoms with van der Waals surface area (Å²) in [6.45, 7) is 0. The average Bonchev–Trinajstić information content (AvgIpc) is 3.87. The normalized spacial score (nSPS) is 11.8. The number of pyridine rings is 1. The molecule has 4 heterocycles. The molecule has 4 aromatic heterocycles. The fourth-order valence-corrected chi connectivity index (χ4v) is 9.64. The van der Waals surface area contributed by atoms with E-state index in [1.807, 2.05) is 41.7 Å². The number of aromatic nitrogens is 3. The van der Waals surface area contributed by atoms with Crippen LogP contribution < -0.4 is 0 Å². The molecular weight excluding hydrogens is 727 g/mol. The van der Waals surface area contributed by atoms with Gasteiger partial charge in [0, 0.05) is 74.9 Å². The summed E-state index contributed by atoms with van der Waals surface area (Å²) < 4.78 is 9.54. The van der Waals surface area contributed by atoms with E-state index in [0.29, 0.717) is 5.82 Å². The maximum atomic E-state index is 7.00. The van der Waals surface area contributed by atoms with Crippen LogP contribution in [0, 0.1) is 0 Å². The molecule has 0 spiro atoms. The zero-order valence-corrected chi connectivity index (χ0v) is 31.9. The van der Waals surface area contributed by atoms with Crippen LogP contribution >= 0.6 is 11.3 Å². The summed E-state index contributed by atoms with van der Waals surface area (Å²) in [5, 5.41) is 7.97. The van der Waals surface area contributed by atoms with E-state index in [9.17, 15) is 0 Å². The van der Waals surface area contributed by atoms with Crippen molar-refractivity contribution in [1.29, 1.82) is 0 Å². The van der Waals surface area contributed by atoms with Crippen molar-refractivity contribution in [2.75, 3.05) is 0 Å². The fourth-order valence-electron chi connectivity index (χ4n) is 8.50. The molecule has 8 aromatic carbocycles. The highest BCUT2D eigenvalue weighted by Crippen LogP contribution is 2.43. The van der Waals surface area contributed by atoms with Crippen molar-refractivity contribution in [1.82, 2.24) is 15.0 Å². The van der Waals surface area contributed by atoms with E-state index in [2.05, 4.69) is 158 Å². The third-order valence-electron chi connectivity index (χ3n) is 11.3. The maximum absolute atomic E-state index is 7.00. The Hall–Kier alpha value is -7.47. The van der Waals surface area contributed by atoms with Crippen LogP contribution in [-0.4, -0.2) is 15.0 Å². The van der Waals surface area contributed by atoms with Gasteiger partial charge in [-0.2, -0.15) is 0 Å². The van der Waals surface area contributed by atoms with E-state index in [0.717, 1.165) is 94.1 Å². The number of benzene rings is 8. The van der Waals surface area contributed by atoms with Crippen LogP contribution in [0.2, 0.25) is 0 Å². The molecule has 0 saturated carbocycles. The average molecular weight is 758 g/mol. The molecule has 0 aliphatic rings. The Balaban J connectivity index is 0.987. The molecule has 4 nitrogen and oxygen atoms in total. The summed E-state index contributed by atoms with van der Waals surface area (Å²) >= 11 is 1.82. The number of thiophene rings is 1. The quantitative estimate of drug-likeness (QED) is 0.164. The van der Waals surface area contributed by atoms with Crippen molar-refractivity contribution < 1.29 is 4.42 Å². The molecule has 0 aliphatic carbocycles. The van der Waals surface area contributed by atoms with Gasteiger partial charge in [0.15, 0.2) is 5.82 Å². The largest absolute Gasteiger partial charge is 0.455 e. The van der Waals surface area contributed by atoms with E-state index >= 15 is 0 Å². The van der Waals surface area contributed by atoms with Crippen molar-refractivity contribution in [3.05, 3.63) is 188 Å². The molecule has 58 heavy (non-hydrogen) atoms. The first-order valence-corrected chi connectivity index (χ1v) is 20.2. The van der Waals surface area contributed by atoms with Crippen molar-refractivity contribution in [2.24, 2.45) is 0 Å². The van der Waals surface area contributed by atoms with Crippen LogP contribution in [0.1, 0.15) is 0 Å². The second-order valence-corrected chi connectivity index (χ2v) is 15.8. The van der Waals surface area contributed by atoms with Crippen LogP contribution in [0.4, 0.5) is 0 Å². The number of hydrogen-bond acceptors (Lipinski definition) is 5. The molecule has 0 atom stereocenters. The van der Waals surface area contributed by atoms with Crippen LogP contribution in [0.15, 0.2) is 192 Å². The maximum Gasteiger partial charge on any atom is 0.160 e. The molecule has 0 fully saturated rings. The summed E-state index contributed by atoms with van der Waals surface area (Å²) in [5.74, 6) is 0.700. The molecular formula is C53H31N3OS. The lowest BCUT2D eigenvalue weighted by Crippen LogP contribution is -1.95. The standard InChI is InChI=1S/C53H31N3OS/c1-3-12-34(13-4-1)50-43-29-28-41-40-19-11-18-37(51(40)57-52(41)49(43)42-17-7-9-20-44(42)54-50)32-22-24-33(25-23-32)45-31-46(56-53(55-45)35-14-5-2-6-15-35)36-26-27-39-38-16-8-10-21-47(38)58-48(39)30-36/h1-31H. The van der Waals surface area contributed by atoms with E-state index in [4.69, 9.17) is 19.4 Å². The summed E-state index contributed by atoms with van der Waals surface area (Å²) in [6, 6.07) is 65.9. The lowest BCUT2D eigenvalue weighted by molar-refractivity contribution is 0.674. The van der Waals surface area contributed by atoms with E-state index < -0.39 is 0 Å². The van der Waals surface area contributed by atoms with Crippen LogP contribution in [0.5, 0.6) is 0 Å². The lowest BCUT2D eigenvalue weighted by Gasteiger charge is -2.10. The highest BCUT2D eigenvalue weighted by molar-refractivity contribution is 7.25. The van der Waals surface area contributed by atoms with Crippen molar-refractivity contribution >= 4 is 75.1 Å². The minimum atomic E-state index is 0.700. The lowest BCUT2D eigenvalue weighted by atomic mass is 9.97. The van der Waals surface area contributed by atoms with Gasteiger partial charge in [0.1, 0.15) is 11.2 Å². The van der Waals surface area contributed by atoms with E-state index in [-0.39, 0.29) is 0 Å². The van der Waals surface area contributed by atoms with Gasteiger partial charge in [-0.1, -0.05) is 158 Å². The minimum absolute atomic E-state index is 0.700. The second kappa shape index (κ2) is 13.1. The van der Waals surface area contributed by atoms with Gasteiger partial charge in [0.05, 0.1) is 22.6 Å². The number of nitrogens with zero attached hydrogens (tertiary/aromatic N) is 3. The number of fused-ring (bicyclic) bond motifs is 10. The first-order valence-electron chi connectivity index (χ1n) is 19.4. The summed E-state index contributed by atoms with van der Waals surface area (Å²) in [5.41, 5.74) is 11.7. The van der Waals surface area contributed by atoms with Gasteiger partial charge in [-0.05, 0) is 35.9 Å². The molecule has 0 radical (unpaired) electrons. The topological polar surface area (TPSA) is 51.8 Å². The molecule has 5 heteroatoms. The fraction of sp³-hybridized carbons (Fsp3) is 0. The summed E-state index contributed by atoms with van der Waals surface area (Å²) in [6.07, 6.45) is 0. The molecule has 0 amide bonds. The Labute approximate surface area is 337 Å². The second-order valence-electron chi connectivity index (χ2n) is 14.7. The number of para-hydroxylation sites is 2. The summed E-state index contributed by atoms with van der Waals surface area (Å²) in [4.78, 5) is 15.4. The predicted molar refractivity (Wildman–Crippen MR) is 242 cm³/mol. The summed E-state index contributed by atoms with van der Waals surface area (Å²) in [7, 11) is 0. The Bertz CT molecular complexity index is 3550. The van der Waals surface area contributed by atoms with Gasteiger partial charge in [-0.3, -0.25) is 0 Å². The zero-order chi connectivity index (χ0) is 38.2.